The number of thioether (sulfide) groups is 1. The number of nitrogens with zero attached hydrogens (tertiary/aromatic N) is 1. The maximum Gasteiger partial charge on any atom is 0.335 e. The fourth-order valence-corrected chi connectivity index (χ4v) is 4.62. The van der Waals surface area contributed by atoms with Gasteiger partial charge in [-0.3, -0.25) is 0 Å². The molecule has 0 spiro atoms. The summed E-state index contributed by atoms with van der Waals surface area (Å²) in [7, 11) is -3.32. The van der Waals surface area contributed by atoms with E-state index in [1.807, 2.05) is 0 Å². The quantitative estimate of drug-likeness (QED) is 0.914. The molecule has 7 heteroatoms. The molecule has 1 aromatic rings. The predicted octanol–water partition coefficient (Wildman–Crippen LogP) is 1.65. The van der Waals surface area contributed by atoms with E-state index in [-0.39, 0.29) is 11.3 Å². The van der Waals surface area contributed by atoms with E-state index in [0.29, 0.717) is 18.7 Å². The van der Waals surface area contributed by atoms with Gasteiger partial charge in [0.05, 0.1) is 11.3 Å². The Bertz CT molecular complexity index is 561. The molecule has 0 aromatic heterocycles. The Hall–Kier alpha value is -1.05. The van der Waals surface area contributed by atoms with Crippen LogP contribution in [0.15, 0.2) is 24.3 Å². The molecule has 0 unspecified atom stereocenters. The molecule has 1 aromatic carbocycles. The van der Waals surface area contributed by atoms with Crippen LogP contribution in [0, 0.1) is 0 Å². The lowest BCUT2D eigenvalue weighted by Gasteiger charge is -2.19. The lowest BCUT2D eigenvalue weighted by molar-refractivity contribution is 0.0697. The van der Waals surface area contributed by atoms with Gasteiger partial charge in [-0.05, 0) is 29.9 Å². The summed E-state index contributed by atoms with van der Waals surface area (Å²) >= 11 is 1.78. The maximum absolute atomic E-state index is 12.3. The van der Waals surface area contributed by atoms with Crippen molar-refractivity contribution in [3.8, 4) is 0 Å². The van der Waals surface area contributed by atoms with Gasteiger partial charge in [0.15, 0.2) is 0 Å². The number of carboxylic acids is 1. The highest BCUT2D eigenvalue weighted by Gasteiger charge is 2.23. The van der Waals surface area contributed by atoms with Crippen LogP contribution in [-0.2, 0) is 15.8 Å². The lowest BCUT2D eigenvalue weighted by Crippen LogP contribution is -2.33. The van der Waals surface area contributed by atoms with E-state index < -0.39 is 16.0 Å². The largest absolute Gasteiger partial charge is 0.478 e. The minimum absolute atomic E-state index is 0.0719. The summed E-state index contributed by atoms with van der Waals surface area (Å²) in [6.45, 7) is 1.13. The molecule has 1 aliphatic heterocycles. The van der Waals surface area contributed by atoms with Crippen LogP contribution in [0.2, 0.25) is 0 Å². The van der Waals surface area contributed by atoms with Crippen LogP contribution in [0.5, 0.6) is 0 Å². The van der Waals surface area contributed by atoms with Crippen LogP contribution in [0.3, 0.4) is 0 Å². The third-order valence-electron chi connectivity index (χ3n) is 3.12. The number of sulfonamides is 1. The fraction of sp³-hybridized carbons (Fsp3) is 0.462. The Morgan fingerprint density at radius 2 is 1.90 bits per heavy atom. The molecule has 1 fully saturated rings. The molecule has 0 bridgehead atoms. The number of hydrogen-bond donors (Lipinski definition) is 1. The zero-order valence-electron chi connectivity index (χ0n) is 11.0. The SMILES string of the molecule is O=C(O)c1ccc(CS(=O)(=O)N2CCCSCC2)cc1. The molecule has 110 valence electrons. The van der Waals surface area contributed by atoms with Crippen LogP contribution >= 0.6 is 11.8 Å². The predicted molar refractivity (Wildman–Crippen MR) is 79.5 cm³/mol. The normalized spacial score (nSPS) is 17.6. The Labute approximate surface area is 123 Å². The third kappa shape index (κ3) is 3.97. The number of benzene rings is 1. The van der Waals surface area contributed by atoms with E-state index in [2.05, 4.69) is 0 Å². The molecule has 0 saturated carbocycles. The zero-order chi connectivity index (χ0) is 14.6. The van der Waals surface area contributed by atoms with Gasteiger partial charge in [0.2, 0.25) is 10.0 Å². The lowest BCUT2D eigenvalue weighted by atomic mass is 10.1. The van der Waals surface area contributed by atoms with Gasteiger partial charge in [-0.15, -0.1) is 0 Å². The molecular weight excluding hydrogens is 298 g/mol. The molecule has 0 aliphatic carbocycles. The van der Waals surface area contributed by atoms with E-state index >= 15 is 0 Å². The minimum Gasteiger partial charge on any atom is -0.478 e. The molecule has 2 rings (SSSR count). The van der Waals surface area contributed by atoms with Gasteiger partial charge in [-0.2, -0.15) is 11.8 Å². The summed E-state index contributed by atoms with van der Waals surface area (Å²) in [5, 5.41) is 8.81. The summed E-state index contributed by atoms with van der Waals surface area (Å²) in [6.07, 6.45) is 0.877. The van der Waals surface area contributed by atoms with Crippen molar-refractivity contribution in [3.63, 3.8) is 0 Å². The van der Waals surface area contributed by atoms with E-state index in [1.54, 1.807) is 23.9 Å². The Balaban J connectivity index is 2.08. The Morgan fingerprint density at radius 3 is 2.55 bits per heavy atom. The van der Waals surface area contributed by atoms with Crippen molar-refractivity contribution in [1.29, 1.82) is 0 Å². The van der Waals surface area contributed by atoms with Crippen molar-refractivity contribution in [1.82, 2.24) is 4.31 Å². The monoisotopic (exact) mass is 315 g/mol. The van der Waals surface area contributed by atoms with Gasteiger partial charge in [0.25, 0.3) is 0 Å². The van der Waals surface area contributed by atoms with Gasteiger partial charge in [-0.25, -0.2) is 17.5 Å². The van der Waals surface area contributed by atoms with Gasteiger partial charge in [0, 0.05) is 18.8 Å². The van der Waals surface area contributed by atoms with Crippen LogP contribution in [-0.4, -0.2) is 48.4 Å². The first-order valence-electron chi connectivity index (χ1n) is 6.37. The number of hydrogen-bond acceptors (Lipinski definition) is 4. The average molecular weight is 315 g/mol. The van der Waals surface area contributed by atoms with Gasteiger partial charge in [0.1, 0.15) is 0 Å². The van der Waals surface area contributed by atoms with Gasteiger partial charge >= 0.3 is 5.97 Å². The molecule has 0 atom stereocenters. The number of carbonyl (C=O) groups is 1. The Morgan fingerprint density at radius 1 is 1.20 bits per heavy atom. The molecule has 20 heavy (non-hydrogen) atoms. The number of rotatable bonds is 4. The summed E-state index contributed by atoms with van der Waals surface area (Å²) in [4.78, 5) is 10.8. The molecule has 1 aliphatic rings. The molecule has 5 nitrogen and oxygen atoms in total. The summed E-state index contributed by atoms with van der Waals surface area (Å²) in [6, 6.07) is 6.00. The van der Waals surface area contributed by atoms with E-state index in [9.17, 15) is 13.2 Å². The van der Waals surface area contributed by atoms with Gasteiger partial charge < -0.3 is 5.11 Å². The second-order valence-electron chi connectivity index (χ2n) is 4.62. The average Bonchev–Trinajstić information content (AvgIpc) is 2.68. The molecule has 1 N–H and O–H groups in total. The molecule has 1 heterocycles. The van der Waals surface area contributed by atoms with Crippen LogP contribution < -0.4 is 0 Å². The topological polar surface area (TPSA) is 74.7 Å². The van der Waals surface area contributed by atoms with Crippen molar-refractivity contribution in [2.45, 2.75) is 12.2 Å². The van der Waals surface area contributed by atoms with E-state index in [0.717, 1.165) is 17.9 Å². The Kier molecular flexibility index (Phi) is 5.06. The summed E-state index contributed by atoms with van der Waals surface area (Å²) in [5.74, 6) is 0.748. The highest BCUT2D eigenvalue weighted by molar-refractivity contribution is 7.99. The fourth-order valence-electron chi connectivity index (χ4n) is 2.05. The highest BCUT2D eigenvalue weighted by atomic mass is 32.2. The zero-order valence-corrected chi connectivity index (χ0v) is 12.6. The third-order valence-corrected chi connectivity index (χ3v) is 6.02. The van der Waals surface area contributed by atoms with Crippen molar-refractivity contribution in [3.05, 3.63) is 35.4 Å². The van der Waals surface area contributed by atoms with E-state index in [4.69, 9.17) is 5.11 Å². The molecule has 1 saturated heterocycles. The minimum atomic E-state index is -3.32. The van der Waals surface area contributed by atoms with Crippen molar-refractivity contribution < 1.29 is 18.3 Å². The van der Waals surface area contributed by atoms with Crippen LogP contribution in [0.4, 0.5) is 0 Å². The van der Waals surface area contributed by atoms with Crippen molar-refractivity contribution in [2.75, 3.05) is 24.6 Å². The van der Waals surface area contributed by atoms with Crippen molar-refractivity contribution in [2.24, 2.45) is 0 Å². The number of aromatic carboxylic acids is 1. The molecule has 0 amide bonds. The number of carboxylic acid groups (broad SMARTS) is 1. The summed E-state index contributed by atoms with van der Waals surface area (Å²) < 4.78 is 26.2. The van der Waals surface area contributed by atoms with Crippen molar-refractivity contribution >= 4 is 27.8 Å². The second kappa shape index (κ2) is 6.60. The van der Waals surface area contributed by atoms with Crippen LogP contribution in [0.25, 0.3) is 0 Å². The first kappa shape index (κ1) is 15.3. The smallest absolute Gasteiger partial charge is 0.335 e. The van der Waals surface area contributed by atoms with Crippen LogP contribution in [0.1, 0.15) is 22.3 Å². The maximum atomic E-state index is 12.3. The molecular formula is C13H17NO4S2. The first-order chi connectivity index (χ1) is 9.49. The summed E-state index contributed by atoms with van der Waals surface area (Å²) in [5.41, 5.74) is 0.782. The highest BCUT2D eigenvalue weighted by Crippen LogP contribution is 2.17. The molecule has 0 radical (unpaired) electrons. The first-order valence-corrected chi connectivity index (χ1v) is 9.13. The van der Waals surface area contributed by atoms with E-state index in [1.165, 1.54) is 16.4 Å². The standard InChI is InChI=1S/C13H17NO4S2/c15-13(16)12-4-2-11(3-5-12)10-20(17,18)14-6-1-8-19-9-7-14/h2-5H,1,6-10H2,(H,15,16). The van der Waals surface area contributed by atoms with Gasteiger partial charge in [-0.1, -0.05) is 12.1 Å². The second-order valence-corrected chi connectivity index (χ2v) is 7.82.